The minimum Gasteiger partial charge on any atom is -0.490 e. The average molecular weight is 650 g/mol. The number of carbonyl (C=O) groups is 1. The lowest BCUT2D eigenvalue weighted by Crippen LogP contribution is -2.61. The summed E-state index contributed by atoms with van der Waals surface area (Å²) in [5.74, 6) is 0.215. The van der Waals surface area contributed by atoms with Gasteiger partial charge < -0.3 is 40.5 Å². The summed E-state index contributed by atoms with van der Waals surface area (Å²) in [7, 11) is 0. The molecule has 0 bridgehead atoms. The quantitative estimate of drug-likeness (QED) is 0.153. The van der Waals surface area contributed by atoms with Crippen molar-refractivity contribution in [2.75, 3.05) is 6.54 Å². The Bertz CT molecular complexity index is 1580. The molecule has 244 valence electrons. The van der Waals surface area contributed by atoms with Crippen LogP contribution in [0.4, 0.5) is 0 Å². The maximum absolute atomic E-state index is 12.5. The van der Waals surface area contributed by atoms with Gasteiger partial charge in [-0.15, -0.1) is 0 Å². The Morgan fingerprint density at radius 1 is 1.04 bits per heavy atom. The first-order chi connectivity index (χ1) is 22.2. The van der Waals surface area contributed by atoms with Gasteiger partial charge in [0.1, 0.15) is 24.1 Å². The van der Waals surface area contributed by atoms with Crippen LogP contribution in [0.15, 0.2) is 67.5 Å². The summed E-state index contributed by atoms with van der Waals surface area (Å²) < 4.78 is 11.2. The van der Waals surface area contributed by atoms with E-state index in [-0.39, 0.29) is 12.1 Å². The number of para-hydroxylation sites is 1. The molecular weight excluding hydrogens is 610 g/mol. The molecule has 1 unspecified atom stereocenters. The number of carbonyl (C=O) groups excluding carboxylic acids is 1. The third-order valence-corrected chi connectivity index (χ3v) is 9.32. The number of aliphatic hydroxyl groups is 4. The monoisotopic (exact) mass is 649 g/mol. The molecule has 1 saturated heterocycles. The van der Waals surface area contributed by atoms with Crippen molar-refractivity contribution in [3.63, 3.8) is 0 Å². The van der Waals surface area contributed by atoms with Gasteiger partial charge >= 0.3 is 0 Å². The molecule has 6 N–H and O–H groups in total. The molecule has 3 aliphatic rings. The predicted molar refractivity (Wildman–Crippen MR) is 173 cm³/mol. The van der Waals surface area contributed by atoms with Gasteiger partial charge in [-0.3, -0.25) is 9.78 Å². The summed E-state index contributed by atoms with van der Waals surface area (Å²) in [5.41, 5.74) is 5.88. The lowest BCUT2D eigenvalue weighted by molar-refractivity contribution is -0.275. The highest BCUT2D eigenvalue weighted by atomic mass is 35.5. The van der Waals surface area contributed by atoms with Gasteiger partial charge in [-0.25, -0.2) is 0 Å². The largest absolute Gasteiger partial charge is 0.490 e. The number of amides is 1. The Kier molecular flexibility index (Phi) is 9.77. The molecule has 11 heteroatoms. The SMILES string of the molecule is C=C(CCCNC(=O)[C@H]1OC(O)[C@H](O)[C@@H](O)[C@@H]1O)c1ccc(Cl)c(CNC2(c3cnccc3-c3ccccc3OC3CC3)CC2)c1. The van der Waals surface area contributed by atoms with Gasteiger partial charge in [-0.2, -0.15) is 0 Å². The van der Waals surface area contributed by atoms with Crippen LogP contribution in [-0.2, 0) is 21.6 Å². The van der Waals surface area contributed by atoms with Crippen molar-refractivity contribution in [2.24, 2.45) is 0 Å². The number of benzene rings is 2. The van der Waals surface area contributed by atoms with Gasteiger partial charge in [0.15, 0.2) is 12.4 Å². The molecular formula is C35H40ClN3O7. The van der Waals surface area contributed by atoms with Crippen molar-refractivity contribution in [1.82, 2.24) is 15.6 Å². The molecule has 10 nitrogen and oxygen atoms in total. The van der Waals surface area contributed by atoms with Crippen LogP contribution in [-0.4, -0.2) is 74.7 Å². The fraction of sp³-hybridized carbons (Fsp3) is 0.429. The highest BCUT2D eigenvalue weighted by Crippen LogP contribution is 2.50. The smallest absolute Gasteiger partial charge is 0.252 e. The zero-order valence-electron chi connectivity index (χ0n) is 25.4. The second-order valence-corrected chi connectivity index (χ2v) is 12.8. The van der Waals surface area contributed by atoms with E-state index in [1.54, 1.807) is 0 Å². The third-order valence-electron chi connectivity index (χ3n) is 8.95. The van der Waals surface area contributed by atoms with Crippen molar-refractivity contribution in [3.8, 4) is 16.9 Å². The first-order valence-corrected chi connectivity index (χ1v) is 16.1. The Balaban J connectivity index is 1.06. The van der Waals surface area contributed by atoms with E-state index in [1.807, 2.05) is 48.8 Å². The van der Waals surface area contributed by atoms with Crippen LogP contribution >= 0.6 is 11.6 Å². The van der Waals surface area contributed by atoms with E-state index in [0.29, 0.717) is 30.5 Å². The molecule has 2 saturated carbocycles. The first-order valence-electron chi connectivity index (χ1n) is 15.7. The number of aromatic nitrogens is 1. The molecule has 6 rings (SSSR count). The fourth-order valence-corrected chi connectivity index (χ4v) is 6.05. The van der Waals surface area contributed by atoms with Crippen LogP contribution < -0.4 is 15.4 Å². The Morgan fingerprint density at radius 3 is 2.59 bits per heavy atom. The van der Waals surface area contributed by atoms with Crippen LogP contribution in [0.2, 0.25) is 5.02 Å². The number of nitrogens with one attached hydrogen (secondary N) is 2. The van der Waals surface area contributed by atoms with Gasteiger partial charge in [0.05, 0.1) is 6.10 Å². The molecule has 1 amide bonds. The number of hydrogen-bond donors (Lipinski definition) is 6. The molecule has 2 aliphatic carbocycles. The minimum atomic E-state index is -1.77. The van der Waals surface area contributed by atoms with Crippen molar-refractivity contribution >= 4 is 23.1 Å². The van der Waals surface area contributed by atoms with Crippen molar-refractivity contribution < 1.29 is 34.7 Å². The zero-order valence-corrected chi connectivity index (χ0v) is 26.2. The van der Waals surface area contributed by atoms with E-state index < -0.39 is 36.6 Å². The molecule has 5 atom stereocenters. The number of ether oxygens (including phenoxy) is 2. The number of nitrogens with zero attached hydrogens (tertiary/aromatic N) is 1. The zero-order chi connectivity index (χ0) is 32.4. The van der Waals surface area contributed by atoms with Crippen LogP contribution in [0.1, 0.15) is 55.2 Å². The van der Waals surface area contributed by atoms with Gasteiger partial charge in [0, 0.05) is 41.6 Å². The molecule has 0 spiro atoms. The standard InChI is InChI=1S/C35H40ClN3O7/c1-20(5-4-15-38-33(43)32-30(41)29(40)31(42)34(44)46-32)21-8-11-27(36)22(17-21)18-39-35(13-14-35)26-19-37-16-12-24(26)25-6-2-3-7-28(25)45-23-9-10-23/h2-3,6-8,11-12,16-17,19,23,29-32,34,39-42,44H,1,4-5,9-10,13-15,18H2,(H,38,43)/t29-,30-,31+,32-,34?/m0/s1. The number of pyridine rings is 1. The normalized spacial score (nSPS) is 25.1. The summed E-state index contributed by atoms with van der Waals surface area (Å²) in [6, 6.07) is 16.1. The molecule has 3 aromatic rings. The van der Waals surface area contributed by atoms with Crippen molar-refractivity contribution in [3.05, 3.63) is 89.2 Å². The molecule has 0 radical (unpaired) electrons. The molecule has 3 fully saturated rings. The lowest BCUT2D eigenvalue weighted by Gasteiger charge is -2.37. The maximum atomic E-state index is 12.5. The highest BCUT2D eigenvalue weighted by Gasteiger charge is 2.47. The summed E-state index contributed by atoms with van der Waals surface area (Å²) in [6.45, 7) is 5.05. The molecule has 1 aromatic heterocycles. The number of allylic oxidation sites excluding steroid dienone is 1. The summed E-state index contributed by atoms with van der Waals surface area (Å²) >= 11 is 6.65. The van der Waals surface area contributed by atoms with Crippen LogP contribution in [0.25, 0.3) is 16.7 Å². The predicted octanol–water partition coefficient (Wildman–Crippen LogP) is 3.43. The van der Waals surface area contributed by atoms with Crippen molar-refractivity contribution in [1.29, 1.82) is 0 Å². The van der Waals surface area contributed by atoms with Crippen LogP contribution in [0, 0.1) is 0 Å². The van der Waals surface area contributed by atoms with Crippen molar-refractivity contribution in [2.45, 2.75) is 87.4 Å². The Labute approximate surface area is 273 Å². The van der Waals surface area contributed by atoms with E-state index in [9.17, 15) is 25.2 Å². The first kappa shape index (κ1) is 32.6. The second kappa shape index (κ2) is 13.8. The fourth-order valence-electron chi connectivity index (χ4n) is 5.87. The van der Waals surface area contributed by atoms with E-state index >= 15 is 0 Å². The van der Waals surface area contributed by atoms with Gasteiger partial charge in [0.25, 0.3) is 5.91 Å². The minimum absolute atomic E-state index is 0.218. The molecule has 1 aliphatic heterocycles. The third kappa shape index (κ3) is 7.13. The van der Waals surface area contributed by atoms with E-state index in [0.717, 1.165) is 64.8 Å². The number of halogens is 1. The van der Waals surface area contributed by atoms with Crippen LogP contribution in [0.3, 0.4) is 0 Å². The van der Waals surface area contributed by atoms with Crippen LogP contribution in [0.5, 0.6) is 5.75 Å². The summed E-state index contributed by atoms with van der Waals surface area (Å²) in [6.07, 6.45) is 1.04. The Hall–Kier alpha value is -3.35. The second-order valence-electron chi connectivity index (χ2n) is 12.4. The van der Waals surface area contributed by atoms with Gasteiger partial charge in [0.2, 0.25) is 0 Å². The lowest BCUT2D eigenvalue weighted by atomic mass is 9.94. The Morgan fingerprint density at radius 2 is 1.83 bits per heavy atom. The summed E-state index contributed by atoms with van der Waals surface area (Å²) in [5, 5.41) is 46.3. The highest BCUT2D eigenvalue weighted by molar-refractivity contribution is 6.31. The van der Waals surface area contributed by atoms with Gasteiger partial charge in [-0.05, 0) is 90.6 Å². The van der Waals surface area contributed by atoms with E-state index in [1.165, 1.54) is 0 Å². The van der Waals surface area contributed by atoms with E-state index in [2.05, 4.69) is 34.3 Å². The molecule has 2 aromatic carbocycles. The van der Waals surface area contributed by atoms with Gasteiger partial charge in [-0.1, -0.05) is 42.4 Å². The molecule has 46 heavy (non-hydrogen) atoms. The topological polar surface area (TPSA) is 153 Å². The van der Waals surface area contributed by atoms with E-state index in [4.69, 9.17) is 21.1 Å². The molecule has 2 heterocycles. The average Bonchev–Trinajstić information content (AvgIpc) is 4.01. The summed E-state index contributed by atoms with van der Waals surface area (Å²) in [4.78, 5) is 17.0. The number of rotatable bonds is 13. The number of aliphatic hydroxyl groups excluding tert-OH is 4. The maximum Gasteiger partial charge on any atom is 0.252 e. The number of hydrogen-bond acceptors (Lipinski definition) is 9.